The van der Waals surface area contributed by atoms with Gasteiger partial charge >= 0.3 is 5.97 Å². The Morgan fingerprint density at radius 2 is 2.00 bits per heavy atom. The standard InChI is InChI=1S/C11H21NO4/c1-5-7-11(3,10(14)15)12-9(13)8(6-2)16-4/h8H,5-7H2,1-4H3,(H,12,13)(H,14,15). The van der Waals surface area contributed by atoms with Crippen molar-refractivity contribution in [3.63, 3.8) is 0 Å². The normalized spacial score (nSPS) is 16.2. The molecule has 0 aromatic rings. The molecule has 0 bridgehead atoms. The van der Waals surface area contributed by atoms with Gasteiger partial charge in [0.1, 0.15) is 11.6 Å². The van der Waals surface area contributed by atoms with Crippen molar-refractivity contribution in [1.29, 1.82) is 0 Å². The molecule has 0 aliphatic heterocycles. The van der Waals surface area contributed by atoms with Gasteiger partial charge in [0, 0.05) is 7.11 Å². The van der Waals surface area contributed by atoms with Gasteiger partial charge in [0.15, 0.2) is 0 Å². The van der Waals surface area contributed by atoms with E-state index in [1.54, 1.807) is 0 Å². The fraction of sp³-hybridized carbons (Fsp3) is 0.818. The van der Waals surface area contributed by atoms with Gasteiger partial charge < -0.3 is 15.2 Å². The fourth-order valence-electron chi connectivity index (χ4n) is 1.53. The topological polar surface area (TPSA) is 75.6 Å². The van der Waals surface area contributed by atoms with Gasteiger partial charge in [-0.25, -0.2) is 4.79 Å². The Morgan fingerprint density at radius 3 is 2.31 bits per heavy atom. The highest BCUT2D eigenvalue weighted by Crippen LogP contribution is 2.13. The van der Waals surface area contributed by atoms with E-state index >= 15 is 0 Å². The summed E-state index contributed by atoms with van der Waals surface area (Å²) in [6.07, 6.45) is 1.01. The Labute approximate surface area is 96.2 Å². The SMILES string of the molecule is CCCC(C)(NC(=O)C(CC)OC)C(=O)O. The lowest BCUT2D eigenvalue weighted by molar-refractivity contribution is -0.149. The molecule has 5 heteroatoms. The molecule has 2 unspecified atom stereocenters. The highest BCUT2D eigenvalue weighted by Gasteiger charge is 2.35. The van der Waals surface area contributed by atoms with Crippen molar-refractivity contribution in [3.05, 3.63) is 0 Å². The molecule has 0 radical (unpaired) electrons. The third-order valence-corrected chi connectivity index (χ3v) is 2.57. The molecule has 1 amide bonds. The van der Waals surface area contributed by atoms with Crippen molar-refractivity contribution in [2.45, 2.75) is 51.7 Å². The number of ether oxygens (including phenoxy) is 1. The number of nitrogens with one attached hydrogen (secondary N) is 1. The summed E-state index contributed by atoms with van der Waals surface area (Å²) in [5.74, 6) is -1.39. The second kappa shape index (κ2) is 6.48. The second-order valence-electron chi connectivity index (χ2n) is 4.01. The molecule has 2 N–H and O–H groups in total. The van der Waals surface area contributed by atoms with Crippen LogP contribution in [0.1, 0.15) is 40.0 Å². The van der Waals surface area contributed by atoms with E-state index in [2.05, 4.69) is 5.32 Å². The maximum Gasteiger partial charge on any atom is 0.329 e. The predicted molar refractivity (Wildman–Crippen MR) is 60.2 cm³/mol. The predicted octanol–water partition coefficient (Wildman–Crippen LogP) is 1.17. The van der Waals surface area contributed by atoms with Crippen LogP contribution in [0, 0.1) is 0 Å². The molecule has 94 valence electrons. The average molecular weight is 231 g/mol. The van der Waals surface area contributed by atoms with Gasteiger partial charge in [0.2, 0.25) is 5.91 Å². The van der Waals surface area contributed by atoms with E-state index in [0.717, 1.165) is 0 Å². The maximum absolute atomic E-state index is 11.7. The summed E-state index contributed by atoms with van der Waals surface area (Å²) in [4.78, 5) is 22.8. The summed E-state index contributed by atoms with van der Waals surface area (Å²) in [5, 5.41) is 11.6. The van der Waals surface area contributed by atoms with Gasteiger partial charge in [0.25, 0.3) is 0 Å². The van der Waals surface area contributed by atoms with Crippen LogP contribution < -0.4 is 5.32 Å². The molecule has 0 rings (SSSR count). The number of amides is 1. The first-order chi connectivity index (χ1) is 7.41. The van der Waals surface area contributed by atoms with E-state index in [4.69, 9.17) is 9.84 Å². The first-order valence-electron chi connectivity index (χ1n) is 5.49. The Hall–Kier alpha value is -1.10. The zero-order valence-corrected chi connectivity index (χ0v) is 10.4. The zero-order chi connectivity index (χ0) is 12.8. The minimum absolute atomic E-state index is 0.372. The largest absolute Gasteiger partial charge is 0.480 e. The lowest BCUT2D eigenvalue weighted by Gasteiger charge is -2.27. The molecule has 2 atom stereocenters. The lowest BCUT2D eigenvalue weighted by atomic mass is 9.96. The van der Waals surface area contributed by atoms with Crippen molar-refractivity contribution in [2.24, 2.45) is 0 Å². The molecular weight excluding hydrogens is 210 g/mol. The van der Waals surface area contributed by atoms with Gasteiger partial charge in [-0.2, -0.15) is 0 Å². The smallest absolute Gasteiger partial charge is 0.329 e. The molecule has 0 aliphatic rings. The number of methoxy groups -OCH3 is 1. The molecule has 0 aliphatic carbocycles. The molecule has 0 aromatic heterocycles. The number of carboxylic acids is 1. The molecule has 0 spiro atoms. The van der Waals surface area contributed by atoms with Crippen LogP contribution in [0.15, 0.2) is 0 Å². The van der Waals surface area contributed by atoms with E-state index in [9.17, 15) is 9.59 Å². The van der Waals surface area contributed by atoms with Crippen LogP contribution in [0.4, 0.5) is 0 Å². The van der Waals surface area contributed by atoms with Crippen molar-refractivity contribution in [3.8, 4) is 0 Å². The van der Waals surface area contributed by atoms with Gasteiger partial charge in [-0.3, -0.25) is 4.79 Å². The van der Waals surface area contributed by atoms with Gasteiger partial charge in [-0.15, -0.1) is 0 Å². The Balaban J connectivity index is 4.63. The van der Waals surface area contributed by atoms with Crippen LogP contribution in [-0.4, -0.2) is 35.7 Å². The molecule has 0 saturated carbocycles. The Kier molecular flexibility index (Phi) is 6.03. The number of carbonyl (C=O) groups excluding carboxylic acids is 1. The number of carboxylic acid groups (broad SMARTS) is 1. The van der Waals surface area contributed by atoms with Crippen molar-refractivity contribution < 1.29 is 19.4 Å². The molecule has 0 aromatic carbocycles. The summed E-state index contributed by atoms with van der Waals surface area (Å²) in [7, 11) is 1.44. The highest BCUT2D eigenvalue weighted by molar-refractivity contribution is 5.88. The van der Waals surface area contributed by atoms with Crippen molar-refractivity contribution >= 4 is 11.9 Å². The monoisotopic (exact) mass is 231 g/mol. The number of rotatable bonds is 7. The van der Waals surface area contributed by atoms with E-state index in [0.29, 0.717) is 19.3 Å². The van der Waals surface area contributed by atoms with Crippen LogP contribution in [0.3, 0.4) is 0 Å². The van der Waals surface area contributed by atoms with Crippen molar-refractivity contribution in [2.75, 3.05) is 7.11 Å². The van der Waals surface area contributed by atoms with E-state index in [1.165, 1.54) is 14.0 Å². The molecule has 5 nitrogen and oxygen atoms in total. The fourth-order valence-corrected chi connectivity index (χ4v) is 1.53. The van der Waals surface area contributed by atoms with Crippen LogP contribution in [0.2, 0.25) is 0 Å². The number of carbonyl (C=O) groups is 2. The third-order valence-electron chi connectivity index (χ3n) is 2.57. The Morgan fingerprint density at radius 1 is 1.44 bits per heavy atom. The number of hydrogen-bond acceptors (Lipinski definition) is 3. The molecule has 0 saturated heterocycles. The van der Waals surface area contributed by atoms with E-state index in [1.807, 2.05) is 13.8 Å². The minimum Gasteiger partial charge on any atom is -0.480 e. The minimum atomic E-state index is -1.21. The van der Waals surface area contributed by atoms with Gasteiger partial charge in [-0.1, -0.05) is 20.3 Å². The maximum atomic E-state index is 11.7. The van der Waals surface area contributed by atoms with Crippen LogP contribution in [0.25, 0.3) is 0 Å². The highest BCUT2D eigenvalue weighted by atomic mass is 16.5. The van der Waals surface area contributed by atoms with Crippen LogP contribution >= 0.6 is 0 Å². The van der Waals surface area contributed by atoms with Gasteiger partial charge in [-0.05, 0) is 19.8 Å². The number of hydrogen-bond donors (Lipinski definition) is 2. The van der Waals surface area contributed by atoms with Crippen LogP contribution in [-0.2, 0) is 14.3 Å². The van der Waals surface area contributed by atoms with Crippen molar-refractivity contribution in [1.82, 2.24) is 5.32 Å². The van der Waals surface area contributed by atoms with Gasteiger partial charge in [0.05, 0.1) is 0 Å². The Bertz CT molecular complexity index is 250. The third kappa shape index (κ3) is 3.81. The zero-order valence-electron chi connectivity index (χ0n) is 10.4. The summed E-state index contributed by atoms with van der Waals surface area (Å²) < 4.78 is 4.96. The van der Waals surface area contributed by atoms with E-state index in [-0.39, 0.29) is 5.91 Å². The lowest BCUT2D eigenvalue weighted by Crippen LogP contribution is -2.55. The average Bonchev–Trinajstić information content (AvgIpc) is 2.19. The summed E-state index contributed by atoms with van der Waals surface area (Å²) in [5.41, 5.74) is -1.21. The first kappa shape index (κ1) is 14.9. The molecule has 16 heavy (non-hydrogen) atoms. The molecule has 0 heterocycles. The molecule has 0 fully saturated rings. The second-order valence-corrected chi connectivity index (χ2v) is 4.01. The van der Waals surface area contributed by atoms with E-state index < -0.39 is 17.6 Å². The summed E-state index contributed by atoms with van der Waals surface area (Å²) >= 11 is 0. The quantitative estimate of drug-likeness (QED) is 0.689. The molecular formula is C11H21NO4. The first-order valence-corrected chi connectivity index (χ1v) is 5.49. The number of aliphatic carboxylic acids is 1. The van der Waals surface area contributed by atoms with Crippen LogP contribution in [0.5, 0.6) is 0 Å². The summed E-state index contributed by atoms with van der Waals surface area (Å²) in [6.45, 7) is 5.20. The summed E-state index contributed by atoms with van der Waals surface area (Å²) in [6, 6.07) is 0.